The van der Waals surface area contributed by atoms with Crippen molar-refractivity contribution in [3.05, 3.63) is 41.8 Å². The maximum Gasteiger partial charge on any atom is 0.257 e. The second-order valence-electron chi connectivity index (χ2n) is 7.16. The van der Waals surface area contributed by atoms with Crippen LogP contribution >= 0.6 is 11.6 Å². The lowest BCUT2D eigenvalue weighted by Crippen LogP contribution is -2.45. The number of rotatable bonds is 4. The second-order valence-corrected chi connectivity index (χ2v) is 7.60. The van der Waals surface area contributed by atoms with E-state index in [0.717, 1.165) is 36.9 Å². The number of hydrogen-bond acceptors (Lipinski definition) is 2. The molecule has 0 atom stereocenters. The lowest BCUT2D eigenvalue weighted by atomic mass is 9.90. The molecule has 2 aromatic rings. The Balaban J connectivity index is 1.58. The fourth-order valence-corrected chi connectivity index (χ4v) is 3.31. The van der Waals surface area contributed by atoms with Crippen LogP contribution in [0.5, 0.6) is 0 Å². The summed E-state index contributed by atoms with van der Waals surface area (Å²) in [7, 11) is 0. The molecule has 1 fully saturated rings. The van der Waals surface area contributed by atoms with E-state index in [9.17, 15) is 9.18 Å². The Hall–Kier alpha value is -1.88. The minimum atomic E-state index is -1.82. The van der Waals surface area contributed by atoms with Gasteiger partial charge in [-0.3, -0.25) is 4.79 Å². The first-order valence-corrected chi connectivity index (χ1v) is 9.00. The fourth-order valence-electron chi connectivity index (χ4n) is 3.18. The highest BCUT2D eigenvalue weighted by molar-refractivity contribution is 6.30. The van der Waals surface area contributed by atoms with Gasteiger partial charge < -0.3 is 9.88 Å². The molecule has 1 aromatic heterocycles. The van der Waals surface area contributed by atoms with Gasteiger partial charge in [-0.1, -0.05) is 23.7 Å². The molecule has 25 heavy (non-hydrogen) atoms. The van der Waals surface area contributed by atoms with Gasteiger partial charge in [0.25, 0.3) is 5.91 Å². The number of amides is 1. The first kappa shape index (κ1) is 17.9. The molecule has 1 aromatic carbocycles. The van der Waals surface area contributed by atoms with Crippen LogP contribution in [0.1, 0.15) is 45.6 Å². The summed E-state index contributed by atoms with van der Waals surface area (Å²) in [5.74, 6) is -0.524. The van der Waals surface area contributed by atoms with Crippen molar-refractivity contribution in [2.45, 2.75) is 57.3 Å². The molecule has 3 rings (SSSR count). The summed E-state index contributed by atoms with van der Waals surface area (Å²) >= 11 is 5.92. The van der Waals surface area contributed by atoms with Gasteiger partial charge in [0.05, 0.1) is 12.0 Å². The molecule has 0 aliphatic heterocycles. The Kier molecular flexibility index (Phi) is 5.13. The maximum absolute atomic E-state index is 13.6. The SMILES string of the molecule is CC(C)(F)C(=O)N[C@H]1CC[C@@H](n2cnc(-c3ccc(Cl)cc3)c2)CC1. The van der Waals surface area contributed by atoms with Crippen LogP contribution in [0.25, 0.3) is 11.3 Å². The Morgan fingerprint density at radius 3 is 2.48 bits per heavy atom. The second kappa shape index (κ2) is 7.16. The average Bonchev–Trinajstić information content (AvgIpc) is 3.05. The van der Waals surface area contributed by atoms with Gasteiger partial charge in [0.1, 0.15) is 0 Å². The Bertz CT molecular complexity index is 728. The van der Waals surface area contributed by atoms with E-state index in [1.165, 1.54) is 13.8 Å². The van der Waals surface area contributed by atoms with Crippen LogP contribution in [0.3, 0.4) is 0 Å². The molecule has 0 unspecified atom stereocenters. The van der Waals surface area contributed by atoms with Gasteiger partial charge in [-0.15, -0.1) is 0 Å². The zero-order valence-corrected chi connectivity index (χ0v) is 15.3. The van der Waals surface area contributed by atoms with Crippen molar-refractivity contribution < 1.29 is 9.18 Å². The molecule has 1 amide bonds. The Labute approximate surface area is 152 Å². The highest BCUT2D eigenvalue weighted by Gasteiger charge is 2.30. The molecule has 1 heterocycles. The van der Waals surface area contributed by atoms with Gasteiger partial charge in [-0.05, 0) is 51.7 Å². The average molecular weight is 364 g/mol. The van der Waals surface area contributed by atoms with Crippen molar-refractivity contribution in [3.63, 3.8) is 0 Å². The summed E-state index contributed by atoms with van der Waals surface area (Å²) in [4.78, 5) is 16.2. The van der Waals surface area contributed by atoms with Crippen LogP contribution < -0.4 is 5.32 Å². The first-order chi connectivity index (χ1) is 11.8. The van der Waals surface area contributed by atoms with Gasteiger partial charge in [0, 0.05) is 28.9 Å². The molecule has 0 bridgehead atoms. The quantitative estimate of drug-likeness (QED) is 0.866. The summed E-state index contributed by atoms with van der Waals surface area (Å²) in [5, 5.41) is 3.52. The van der Waals surface area contributed by atoms with E-state index in [1.54, 1.807) is 0 Å². The van der Waals surface area contributed by atoms with E-state index in [4.69, 9.17) is 11.6 Å². The fraction of sp³-hybridized carbons (Fsp3) is 0.474. The highest BCUT2D eigenvalue weighted by Crippen LogP contribution is 2.30. The van der Waals surface area contributed by atoms with Crippen molar-refractivity contribution in [2.24, 2.45) is 0 Å². The van der Waals surface area contributed by atoms with E-state index in [2.05, 4.69) is 21.1 Å². The molecule has 1 saturated carbocycles. The minimum absolute atomic E-state index is 0.0537. The molecule has 1 N–H and O–H groups in total. The largest absolute Gasteiger partial charge is 0.351 e. The van der Waals surface area contributed by atoms with Crippen molar-refractivity contribution >= 4 is 17.5 Å². The van der Waals surface area contributed by atoms with Crippen LogP contribution in [0.4, 0.5) is 4.39 Å². The number of imidazole rings is 1. The van der Waals surface area contributed by atoms with E-state index in [1.807, 2.05) is 30.6 Å². The monoisotopic (exact) mass is 363 g/mol. The van der Waals surface area contributed by atoms with Crippen molar-refractivity contribution in [3.8, 4) is 11.3 Å². The third kappa shape index (κ3) is 4.40. The van der Waals surface area contributed by atoms with Crippen LogP contribution in [-0.2, 0) is 4.79 Å². The molecule has 134 valence electrons. The number of benzene rings is 1. The number of hydrogen-bond donors (Lipinski definition) is 1. The molecule has 4 nitrogen and oxygen atoms in total. The molecule has 1 aliphatic rings. The van der Waals surface area contributed by atoms with Crippen molar-refractivity contribution in [2.75, 3.05) is 0 Å². The number of aromatic nitrogens is 2. The highest BCUT2D eigenvalue weighted by atomic mass is 35.5. The molecule has 6 heteroatoms. The number of alkyl halides is 1. The van der Waals surface area contributed by atoms with E-state index < -0.39 is 11.6 Å². The summed E-state index contributed by atoms with van der Waals surface area (Å²) in [6, 6.07) is 8.05. The third-order valence-corrected chi connectivity index (χ3v) is 4.99. The number of nitrogens with one attached hydrogen (secondary N) is 1. The number of halogens is 2. The summed E-state index contributed by atoms with van der Waals surface area (Å²) in [6.45, 7) is 2.58. The number of carbonyl (C=O) groups is 1. The zero-order valence-electron chi connectivity index (χ0n) is 14.5. The molecular weight excluding hydrogens is 341 g/mol. The molecular formula is C19H23ClFN3O. The van der Waals surface area contributed by atoms with E-state index in [-0.39, 0.29) is 6.04 Å². The summed E-state index contributed by atoms with van der Waals surface area (Å²) in [6.07, 6.45) is 7.49. The van der Waals surface area contributed by atoms with E-state index >= 15 is 0 Å². The molecule has 1 aliphatic carbocycles. The van der Waals surface area contributed by atoms with E-state index in [0.29, 0.717) is 11.1 Å². The van der Waals surface area contributed by atoms with Crippen molar-refractivity contribution in [1.82, 2.24) is 14.9 Å². The zero-order chi connectivity index (χ0) is 18.0. The predicted octanol–water partition coefficient (Wildman–Crippen LogP) is 4.55. The number of carbonyl (C=O) groups excluding carboxylic acids is 1. The lowest BCUT2D eigenvalue weighted by Gasteiger charge is -2.30. The van der Waals surface area contributed by atoms with Crippen LogP contribution in [-0.4, -0.2) is 27.2 Å². The van der Waals surface area contributed by atoms with Gasteiger partial charge in [-0.25, -0.2) is 9.37 Å². The number of nitrogens with zero attached hydrogens (tertiary/aromatic N) is 2. The standard InChI is InChI=1S/C19H23ClFN3O/c1-19(2,21)18(25)23-15-7-9-16(10-8-15)24-11-17(22-12-24)13-3-5-14(20)6-4-13/h3-6,11-12,15-16H,7-10H2,1-2H3,(H,23,25)/t15-,16+. The maximum atomic E-state index is 13.6. The Morgan fingerprint density at radius 2 is 1.88 bits per heavy atom. The molecule has 0 spiro atoms. The predicted molar refractivity (Wildman–Crippen MR) is 97.3 cm³/mol. The van der Waals surface area contributed by atoms with Crippen LogP contribution in [0.2, 0.25) is 5.02 Å². The van der Waals surface area contributed by atoms with Gasteiger partial charge in [0.15, 0.2) is 5.67 Å². The van der Waals surface area contributed by atoms with Crippen LogP contribution in [0, 0.1) is 0 Å². The normalized spacial score (nSPS) is 21.1. The topological polar surface area (TPSA) is 46.9 Å². The lowest BCUT2D eigenvalue weighted by molar-refractivity contribution is -0.131. The summed E-state index contributed by atoms with van der Waals surface area (Å²) in [5.41, 5.74) is 0.134. The smallest absolute Gasteiger partial charge is 0.257 e. The van der Waals surface area contributed by atoms with Gasteiger partial charge in [-0.2, -0.15) is 0 Å². The summed E-state index contributed by atoms with van der Waals surface area (Å²) < 4.78 is 15.8. The first-order valence-electron chi connectivity index (χ1n) is 8.62. The third-order valence-electron chi connectivity index (χ3n) is 4.74. The van der Waals surface area contributed by atoms with Crippen LogP contribution in [0.15, 0.2) is 36.8 Å². The molecule has 0 radical (unpaired) electrons. The van der Waals surface area contributed by atoms with Crippen molar-refractivity contribution in [1.29, 1.82) is 0 Å². The minimum Gasteiger partial charge on any atom is -0.351 e. The molecule has 0 saturated heterocycles. The Morgan fingerprint density at radius 1 is 1.24 bits per heavy atom. The van der Waals surface area contributed by atoms with Gasteiger partial charge in [0.2, 0.25) is 0 Å². The van der Waals surface area contributed by atoms with Gasteiger partial charge >= 0.3 is 0 Å².